The van der Waals surface area contributed by atoms with Gasteiger partial charge in [0.15, 0.2) is 0 Å². The van der Waals surface area contributed by atoms with Gasteiger partial charge in [0.2, 0.25) is 65.0 Å². The number of carbonyl (C=O) groups is 12. The third-order valence-electron chi connectivity index (χ3n) is 15.3. The molecule has 1 saturated heterocycles. The first-order valence-corrected chi connectivity index (χ1v) is 29.1. The summed E-state index contributed by atoms with van der Waals surface area (Å²) in [6.45, 7) is 16.0. The highest BCUT2D eigenvalue weighted by Gasteiger charge is 2.41. The molecule has 472 valence electrons. The third-order valence-corrected chi connectivity index (χ3v) is 15.3. The maximum atomic E-state index is 14.4. The topological polar surface area (TPSA) is 413 Å². The number of aliphatic hydroxyl groups is 2. The zero-order valence-electron chi connectivity index (χ0n) is 50.7. The van der Waals surface area contributed by atoms with Crippen molar-refractivity contribution in [3.63, 3.8) is 0 Å². The van der Waals surface area contributed by atoms with Crippen LogP contribution in [0, 0.1) is 23.7 Å². The van der Waals surface area contributed by atoms with E-state index in [1.165, 1.54) is 13.8 Å². The highest BCUT2D eigenvalue weighted by molar-refractivity contribution is 5.99. The summed E-state index contributed by atoms with van der Waals surface area (Å²) in [4.78, 5) is 164. The van der Waals surface area contributed by atoms with Gasteiger partial charge in [0, 0.05) is 6.42 Å². The van der Waals surface area contributed by atoms with E-state index in [0.717, 1.165) is 5.56 Å². The molecule has 0 radical (unpaired) electrons. The number of nitrogens with two attached hydrogens (primary N) is 1. The van der Waals surface area contributed by atoms with Gasteiger partial charge >= 0.3 is 5.97 Å². The third kappa shape index (κ3) is 22.4. The summed E-state index contributed by atoms with van der Waals surface area (Å²) in [5.74, 6) is -12.8. The number of rotatable bonds is 32. The standard InChI is InChI=1S/C57H94N12O15/c1-13-21-36-48(74)68-45(32(9)17-5)57(83)84-34(11)46(56(82)60-33(10)47(73)61-36)69-52(78)40(28-71)64-54(80)43(30(7)15-3)67-55(81)44(31(8)16-4)65-49(75)37(24-25-41(58)72)62-51(77)39(27-70)63-53(79)42(29(6)14-2)66-50(76)38(59-12)26-35-22-19-18-20-23-35/h18-20,22-23,29-34,36-40,42-46,59,70-71H,13-17,21,24-28H2,1-12H3,(H2,58,72)(H,60,82)(H,61,73)(H,62,77)(H,63,79)(H,64,80)(H,65,75)(H,66,76)(H,67,81)(H,68,74)(H,69,78)/t29-,30-,31+,32-,33-,34-,36-,37+,38+,39-,40-,42-,43-,44+,45-,46+/m0/s1. The molecule has 0 bridgehead atoms. The van der Waals surface area contributed by atoms with Gasteiger partial charge in [0.05, 0.1) is 19.3 Å². The summed E-state index contributed by atoms with van der Waals surface area (Å²) in [5.41, 5.74) is 6.30. The van der Waals surface area contributed by atoms with E-state index in [4.69, 9.17) is 10.5 Å². The Hall–Kier alpha value is -7.26. The maximum Gasteiger partial charge on any atom is 0.329 e. The largest absolute Gasteiger partial charge is 0.458 e. The highest BCUT2D eigenvalue weighted by atomic mass is 16.5. The second-order valence-electron chi connectivity index (χ2n) is 21.8. The zero-order chi connectivity index (χ0) is 63.5. The number of hydrogen-bond acceptors (Lipinski definition) is 16. The maximum absolute atomic E-state index is 14.4. The molecule has 1 aliphatic heterocycles. The number of esters is 1. The minimum absolute atomic E-state index is 0.208. The number of aliphatic hydroxyl groups excluding tert-OH is 2. The van der Waals surface area contributed by atoms with Crippen LogP contribution in [0.15, 0.2) is 30.3 Å². The van der Waals surface area contributed by atoms with Crippen molar-refractivity contribution in [1.82, 2.24) is 58.5 Å². The van der Waals surface area contributed by atoms with Crippen LogP contribution in [0.3, 0.4) is 0 Å². The van der Waals surface area contributed by atoms with Gasteiger partial charge in [-0.05, 0) is 69.4 Å². The van der Waals surface area contributed by atoms with Gasteiger partial charge < -0.3 is 79.2 Å². The summed E-state index contributed by atoms with van der Waals surface area (Å²) >= 11 is 0. The van der Waals surface area contributed by atoms with E-state index in [0.29, 0.717) is 25.7 Å². The van der Waals surface area contributed by atoms with Crippen LogP contribution in [-0.2, 0) is 68.7 Å². The number of cyclic esters (lactones) is 1. The Morgan fingerprint density at radius 2 is 1.05 bits per heavy atom. The molecule has 16 atom stereocenters. The van der Waals surface area contributed by atoms with Crippen LogP contribution in [-0.4, -0.2) is 174 Å². The van der Waals surface area contributed by atoms with Gasteiger partial charge in [0.1, 0.15) is 66.5 Å². The Morgan fingerprint density at radius 3 is 1.51 bits per heavy atom. The van der Waals surface area contributed by atoms with Crippen LogP contribution in [0.4, 0.5) is 0 Å². The minimum Gasteiger partial charge on any atom is -0.458 e. The van der Waals surface area contributed by atoms with Crippen molar-refractivity contribution in [3.05, 3.63) is 35.9 Å². The van der Waals surface area contributed by atoms with Crippen molar-refractivity contribution in [2.45, 2.75) is 207 Å². The van der Waals surface area contributed by atoms with Crippen molar-refractivity contribution < 1.29 is 72.5 Å². The van der Waals surface area contributed by atoms with Crippen LogP contribution in [0.2, 0.25) is 0 Å². The average Bonchev–Trinajstić information content (AvgIpc) is 3.56. The molecule has 1 aliphatic rings. The Balaban J connectivity index is 2.40. The highest BCUT2D eigenvalue weighted by Crippen LogP contribution is 2.17. The van der Waals surface area contributed by atoms with Crippen molar-refractivity contribution in [1.29, 1.82) is 0 Å². The molecule has 84 heavy (non-hydrogen) atoms. The monoisotopic (exact) mass is 1190 g/mol. The predicted molar refractivity (Wildman–Crippen MR) is 309 cm³/mol. The van der Waals surface area contributed by atoms with Gasteiger partial charge in [-0.2, -0.15) is 0 Å². The molecular weight excluding hydrogens is 1090 g/mol. The number of likely N-dealkylation sites (N-methyl/N-ethyl adjacent to an activating group) is 1. The predicted octanol–water partition coefficient (Wildman–Crippen LogP) is -2.14. The number of primary amides is 1. The number of ether oxygens (including phenoxy) is 1. The molecule has 1 aromatic rings. The lowest BCUT2D eigenvalue weighted by atomic mass is 9.94. The number of amides is 11. The Labute approximate surface area is 492 Å². The second-order valence-corrected chi connectivity index (χ2v) is 21.8. The molecule has 2 rings (SSSR count). The van der Waals surface area contributed by atoms with E-state index < -0.39 is 193 Å². The Morgan fingerprint density at radius 1 is 0.583 bits per heavy atom. The summed E-state index contributed by atoms with van der Waals surface area (Å²) < 4.78 is 5.69. The molecule has 0 unspecified atom stereocenters. The van der Waals surface area contributed by atoms with Gasteiger partial charge in [-0.15, -0.1) is 0 Å². The minimum atomic E-state index is -1.80. The van der Waals surface area contributed by atoms with Crippen molar-refractivity contribution >= 4 is 70.9 Å². The van der Waals surface area contributed by atoms with E-state index in [2.05, 4.69) is 58.5 Å². The van der Waals surface area contributed by atoms with Gasteiger partial charge in [-0.1, -0.05) is 125 Å². The molecule has 1 aromatic carbocycles. The number of nitrogens with one attached hydrogen (secondary N) is 11. The first-order chi connectivity index (χ1) is 39.7. The number of carbonyl (C=O) groups excluding carboxylic acids is 12. The molecule has 0 aliphatic carbocycles. The van der Waals surface area contributed by atoms with Crippen LogP contribution in [0.25, 0.3) is 0 Å². The van der Waals surface area contributed by atoms with E-state index in [1.807, 2.05) is 30.3 Å². The molecule has 0 aromatic heterocycles. The summed E-state index contributed by atoms with van der Waals surface area (Å²) in [6.07, 6.45) is 0.0690. The SMILES string of the molecule is CCC[C@@H]1NC(=O)[C@H](C)NC(=O)[C@H](NC(=O)[C@H](CO)NC(=O)[C@@H](NC(=O)[C@H](NC(=O)[C@@H](CCC(N)=O)NC(=O)[C@H](CO)NC(=O)[C@@H](NC(=O)[C@@H](Cc2ccccc2)NC)[C@@H](C)CC)[C@H](C)CC)[C@@H](C)CC)[C@H](C)OC(=O)[C@H]([C@@H](C)CC)NC1=O. The van der Waals surface area contributed by atoms with E-state index >= 15 is 0 Å². The Kier molecular flexibility index (Phi) is 31.6. The van der Waals surface area contributed by atoms with Gasteiger partial charge in [0.25, 0.3) is 0 Å². The lowest BCUT2D eigenvalue weighted by molar-refractivity contribution is -0.157. The van der Waals surface area contributed by atoms with Crippen LogP contribution < -0.4 is 64.2 Å². The molecular formula is C57H94N12O15. The first-order valence-electron chi connectivity index (χ1n) is 29.1. The van der Waals surface area contributed by atoms with E-state index in [-0.39, 0.29) is 19.3 Å². The number of benzene rings is 1. The van der Waals surface area contributed by atoms with E-state index in [9.17, 15) is 67.7 Å². The number of hydrogen-bond donors (Lipinski definition) is 14. The molecule has 0 saturated carbocycles. The fourth-order valence-corrected chi connectivity index (χ4v) is 8.89. The molecule has 1 heterocycles. The average molecular weight is 1190 g/mol. The van der Waals surface area contributed by atoms with Gasteiger partial charge in [-0.25, -0.2) is 4.79 Å². The fourth-order valence-electron chi connectivity index (χ4n) is 8.89. The lowest BCUT2D eigenvalue weighted by Crippen LogP contribution is -2.63. The quantitative estimate of drug-likeness (QED) is 0.0343. The van der Waals surface area contributed by atoms with E-state index in [1.54, 1.807) is 69.4 Å². The molecule has 1 fully saturated rings. The van der Waals surface area contributed by atoms with Crippen LogP contribution in [0.5, 0.6) is 0 Å². The van der Waals surface area contributed by atoms with Gasteiger partial charge in [-0.3, -0.25) is 52.7 Å². The summed E-state index contributed by atoms with van der Waals surface area (Å²) in [6, 6.07) is -5.94. The van der Waals surface area contributed by atoms with Crippen LogP contribution in [0.1, 0.15) is 133 Å². The molecule has 27 heteroatoms. The second kappa shape index (κ2) is 36.4. The molecule has 0 spiro atoms. The van der Waals surface area contributed by atoms with Crippen molar-refractivity contribution in [2.24, 2.45) is 29.4 Å². The summed E-state index contributed by atoms with van der Waals surface area (Å²) in [5, 5.41) is 49.3. The lowest BCUT2D eigenvalue weighted by Gasteiger charge is -2.31. The van der Waals surface area contributed by atoms with Crippen molar-refractivity contribution in [3.8, 4) is 0 Å². The summed E-state index contributed by atoms with van der Waals surface area (Å²) in [7, 11) is 1.60. The fraction of sp³-hybridized carbons (Fsp3) is 0.684. The zero-order valence-corrected chi connectivity index (χ0v) is 50.7. The molecule has 27 nitrogen and oxygen atoms in total. The van der Waals surface area contributed by atoms with Crippen molar-refractivity contribution in [2.75, 3.05) is 20.3 Å². The smallest absolute Gasteiger partial charge is 0.329 e. The normalized spacial score (nSPS) is 21.6. The molecule has 11 amide bonds. The first kappa shape index (κ1) is 72.8. The Bertz CT molecular complexity index is 2400. The molecule has 15 N–H and O–H groups in total. The van der Waals surface area contributed by atoms with Crippen LogP contribution >= 0.6 is 0 Å².